The van der Waals surface area contributed by atoms with Gasteiger partial charge in [-0.15, -0.1) is 0 Å². The molecule has 1 aliphatic rings. The number of hydrogen-bond acceptors (Lipinski definition) is 2. The second kappa shape index (κ2) is 4.07. The molecule has 0 saturated heterocycles. The minimum absolute atomic E-state index is 0.168. The summed E-state index contributed by atoms with van der Waals surface area (Å²) in [5.41, 5.74) is 7.92. The Morgan fingerprint density at radius 1 is 1.29 bits per heavy atom. The fraction of sp³-hybridized carbons (Fsp3) is 0.400. The molecule has 0 fully saturated rings. The van der Waals surface area contributed by atoms with Crippen LogP contribution in [0.4, 0.5) is 0 Å². The SMILES string of the molecule is NC1COCCc2c(Cl)ccc(Cl)c21. The summed E-state index contributed by atoms with van der Waals surface area (Å²) in [7, 11) is 0. The van der Waals surface area contributed by atoms with Crippen LogP contribution >= 0.6 is 23.2 Å². The van der Waals surface area contributed by atoms with Crippen LogP contribution in [-0.4, -0.2) is 13.2 Å². The molecule has 0 bridgehead atoms. The van der Waals surface area contributed by atoms with Crippen LogP contribution in [0.15, 0.2) is 12.1 Å². The number of nitrogens with two attached hydrogens (primary N) is 1. The third-order valence-electron chi connectivity index (χ3n) is 2.41. The van der Waals surface area contributed by atoms with Crippen molar-refractivity contribution in [3.05, 3.63) is 33.3 Å². The van der Waals surface area contributed by atoms with Gasteiger partial charge >= 0.3 is 0 Å². The summed E-state index contributed by atoms with van der Waals surface area (Å²) in [6.45, 7) is 1.16. The van der Waals surface area contributed by atoms with E-state index in [-0.39, 0.29) is 6.04 Å². The lowest BCUT2D eigenvalue weighted by atomic mass is 10.00. The molecule has 2 nitrogen and oxygen atoms in total. The van der Waals surface area contributed by atoms with E-state index in [9.17, 15) is 0 Å². The maximum Gasteiger partial charge on any atom is 0.0660 e. The van der Waals surface area contributed by atoms with E-state index in [0.29, 0.717) is 18.2 Å². The number of fused-ring (bicyclic) bond motifs is 1. The van der Waals surface area contributed by atoms with E-state index in [1.165, 1.54) is 0 Å². The molecule has 1 aromatic rings. The Kier molecular flexibility index (Phi) is 2.98. The summed E-state index contributed by atoms with van der Waals surface area (Å²) in [6.07, 6.45) is 0.780. The van der Waals surface area contributed by atoms with Crippen molar-refractivity contribution in [2.24, 2.45) is 5.73 Å². The van der Waals surface area contributed by atoms with Crippen LogP contribution in [0.1, 0.15) is 17.2 Å². The molecule has 1 aromatic carbocycles. The minimum atomic E-state index is -0.168. The molecular formula is C10H11Cl2NO. The van der Waals surface area contributed by atoms with E-state index < -0.39 is 0 Å². The monoisotopic (exact) mass is 231 g/mol. The summed E-state index contributed by atoms with van der Waals surface area (Å²) in [5, 5.41) is 1.41. The van der Waals surface area contributed by atoms with Crippen molar-refractivity contribution in [2.45, 2.75) is 12.5 Å². The molecule has 2 N–H and O–H groups in total. The standard InChI is InChI=1S/C10H11Cl2NO/c11-7-1-2-8(12)10-6(7)3-4-14-5-9(10)13/h1-2,9H,3-5,13H2. The first-order chi connectivity index (χ1) is 6.70. The third kappa shape index (κ3) is 1.75. The predicted molar refractivity (Wildman–Crippen MR) is 57.9 cm³/mol. The number of rotatable bonds is 0. The van der Waals surface area contributed by atoms with E-state index in [1.54, 1.807) is 12.1 Å². The molecule has 76 valence electrons. The molecule has 2 rings (SSSR count). The highest BCUT2D eigenvalue weighted by molar-refractivity contribution is 6.34. The molecule has 0 amide bonds. The van der Waals surface area contributed by atoms with Crippen LogP contribution in [-0.2, 0) is 11.2 Å². The summed E-state index contributed by atoms with van der Waals surface area (Å²) < 4.78 is 5.36. The lowest BCUT2D eigenvalue weighted by molar-refractivity contribution is 0.131. The molecular weight excluding hydrogens is 221 g/mol. The molecule has 0 spiro atoms. The van der Waals surface area contributed by atoms with Crippen molar-refractivity contribution in [1.29, 1.82) is 0 Å². The zero-order valence-corrected chi connectivity index (χ0v) is 9.11. The lowest BCUT2D eigenvalue weighted by Crippen LogP contribution is -2.16. The van der Waals surface area contributed by atoms with Crippen LogP contribution in [0, 0.1) is 0 Å². The first-order valence-electron chi connectivity index (χ1n) is 4.50. The molecule has 1 atom stereocenters. The van der Waals surface area contributed by atoms with E-state index in [1.807, 2.05) is 0 Å². The summed E-state index contributed by atoms with van der Waals surface area (Å²) in [4.78, 5) is 0. The highest BCUT2D eigenvalue weighted by Gasteiger charge is 2.20. The quantitative estimate of drug-likeness (QED) is 0.746. The average Bonchev–Trinajstić information content (AvgIpc) is 2.35. The van der Waals surface area contributed by atoms with Crippen molar-refractivity contribution in [3.63, 3.8) is 0 Å². The molecule has 0 aliphatic carbocycles. The van der Waals surface area contributed by atoms with Crippen LogP contribution in [0.25, 0.3) is 0 Å². The fourth-order valence-electron chi connectivity index (χ4n) is 1.73. The summed E-state index contributed by atoms with van der Waals surface area (Å²) >= 11 is 12.2. The highest BCUT2D eigenvalue weighted by atomic mass is 35.5. The van der Waals surface area contributed by atoms with E-state index in [4.69, 9.17) is 33.7 Å². The van der Waals surface area contributed by atoms with Gasteiger partial charge in [0.05, 0.1) is 19.3 Å². The Balaban J connectivity index is 2.57. The van der Waals surface area contributed by atoms with Crippen LogP contribution in [0.3, 0.4) is 0 Å². The molecule has 0 radical (unpaired) electrons. The van der Waals surface area contributed by atoms with Crippen LogP contribution < -0.4 is 5.73 Å². The normalized spacial score (nSPS) is 21.5. The zero-order chi connectivity index (χ0) is 10.1. The summed E-state index contributed by atoms with van der Waals surface area (Å²) in [6, 6.07) is 3.42. The van der Waals surface area contributed by atoms with Gasteiger partial charge in [-0.25, -0.2) is 0 Å². The third-order valence-corrected chi connectivity index (χ3v) is 3.09. The smallest absolute Gasteiger partial charge is 0.0660 e. The van der Waals surface area contributed by atoms with Gasteiger partial charge in [0.15, 0.2) is 0 Å². The number of hydrogen-bond donors (Lipinski definition) is 1. The second-order valence-electron chi connectivity index (χ2n) is 3.35. The first kappa shape index (κ1) is 10.2. The maximum absolute atomic E-state index is 6.09. The summed E-state index contributed by atoms with van der Waals surface area (Å²) in [5.74, 6) is 0. The molecule has 0 aromatic heterocycles. The first-order valence-corrected chi connectivity index (χ1v) is 5.26. The van der Waals surface area contributed by atoms with Gasteiger partial charge in [0, 0.05) is 10.0 Å². The van der Waals surface area contributed by atoms with Gasteiger partial charge in [0.2, 0.25) is 0 Å². The van der Waals surface area contributed by atoms with Crippen LogP contribution in [0.2, 0.25) is 10.0 Å². The number of halogens is 2. The zero-order valence-electron chi connectivity index (χ0n) is 7.59. The van der Waals surface area contributed by atoms with Gasteiger partial charge in [-0.1, -0.05) is 23.2 Å². The lowest BCUT2D eigenvalue weighted by Gasteiger charge is -2.14. The van der Waals surface area contributed by atoms with Gasteiger partial charge in [-0.2, -0.15) is 0 Å². The fourth-order valence-corrected chi connectivity index (χ4v) is 2.31. The molecule has 1 heterocycles. The highest BCUT2D eigenvalue weighted by Crippen LogP contribution is 2.32. The van der Waals surface area contributed by atoms with Gasteiger partial charge in [-0.3, -0.25) is 0 Å². The van der Waals surface area contributed by atoms with Gasteiger partial charge in [0.1, 0.15) is 0 Å². The molecule has 0 saturated carbocycles. The second-order valence-corrected chi connectivity index (χ2v) is 4.17. The van der Waals surface area contributed by atoms with Crippen molar-refractivity contribution in [1.82, 2.24) is 0 Å². The molecule has 1 unspecified atom stereocenters. The van der Waals surface area contributed by atoms with Crippen molar-refractivity contribution in [3.8, 4) is 0 Å². The van der Waals surface area contributed by atoms with E-state index in [2.05, 4.69) is 0 Å². The average molecular weight is 232 g/mol. The molecule has 4 heteroatoms. The number of benzene rings is 1. The van der Waals surface area contributed by atoms with E-state index in [0.717, 1.165) is 22.6 Å². The van der Waals surface area contributed by atoms with Crippen molar-refractivity contribution >= 4 is 23.2 Å². The Labute approximate surface area is 92.9 Å². The van der Waals surface area contributed by atoms with Gasteiger partial charge in [-0.05, 0) is 29.7 Å². The minimum Gasteiger partial charge on any atom is -0.379 e. The van der Waals surface area contributed by atoms with Crippen molar-refractivity contribution < 1.29 is 4.74 Å². The maximum atomic E-state index is 6.09. The topological polar surface area (TPSA) is 35.2 Å². The van der Waals surface area contributed by atoms with Gasteiger partial charge < -0.3 is 10.5 Å². The van der Waals surface area contributed by atoms with Crippen molar-refractivity contribution in [2.75, 3.05) is 13.2 Å². The van der Waals surface area contributed by atoms with Gasteiger partial charge in [0.25, 0.3) is 0 Å². The Morgan fingerprint density at radius 2 is 2.00 bits per heavy atom. The Hall–Kier alpha value is -0.280. The number of ether oxygens (including phenoxy) is 1. The molecule has 1 aliphatic heterocycles. The van der Waals surface area contributed by atoms with E-state index >= 15 is 0 Å². The Morgan fingerprint density at radius 3 is 2.79 bits per heavy atom. The Bertz CT molecular complexity index is 354. The van der Waals surface area contributed by atoms with Crippen LogP contribution in [0.5, 0.6) is 0 Å². The largest absolute Gasteiger partial charge is 0.379 e. The molecule has 14 heavy (non-hydrogen) atoms. The predicted octanol–water partition coefficient (Wildman–Crippen LogP) is 2.57.